The molecule has 0 N–H and O–H groups in total. The molecule has 0 radical (unpaired) electrons. The monoisotopic (exact) mass is 194 g/mol. The Balaban J connectivity index is 2.71. The summed E-state index contributed by atoms with van der Waals surface area (Å²) < 4.78 is 35.5. The molecule has 0 atom stereocenters. The predicted molar refractivity (Wildman–Crippen MR) is 42.0 cm³/mol. The number of halogens is 4. The zero-order valence-corrected chi connectivity index (χ0v) is 6.73. The average molecular weight is 194 g/mol. The quantitative estimate of drug-likeness (QED) is 0.660. The molecule has 1 aromatic rings. The lowest BCUT2D eigenvalue weighted by atomic mass is 9.84. The smallest absolute Gasteiger partial charge is 0.449 e. The number of hydrogen-bond donors (Lipinski definition) is 0. The van der Waals surface area contributed by atoms with Crippen molar-refractivity contribution in [2.24, 2.45) is 0 Å². The second-order valence-electron chi connectivity index (χ2n) is 2.38. The maximum Gasteiger partial charge on any atom is 0.484 e. The molecule has 0 unspecified atom stereocenters. The summed E-state index contributed by atoms with van der Waals surface area (Å²) in [5.74, 6) is 0. The van der Waals surface area contributed by atoms with Gasteiger partial charge in [0.25, 0.3) is 0 Å². The fourth-order valence-electron chi connectivity index (χ4n) is 0.764. The molecule has 0 saturated carbocycles. The van der Waals surface area contributed by atoms with Gasteiger partial charge in [-0.15, -0.1) is 0 Å². The van der Waals surface area contributed by atoms with Crippen LogP contribution in [-0.4, -0.2) is 12.0 Å². The van der Waals surface area contributed by atoms with Gasteiger partial charge in [0, 0.05) is 11.9 Å². The standard InChI is InChI=1S/C6H5BClF3N/c8-5-1-2-6(12-4-5)3-7(9,10)11/h1-2,4H,3H2/q-1. The van der Waals surface area contributed by atoms with Crippen molar-refractivity contribution in [3.05, 3.63) is 29.0 Å². The summed E-state index contributed by atoms with van der Waals surface area (Å²) in [6.45, 7) is -4.80. The highest BCUT2D eigenvalue weighted by atomic mass is 35.5. The molecule has 0 aliphatic rings. The van der Waals surface area contributed by atoms with Crippen molar-refractivity contribution in [2.45, 2.75) is 6.32 Å². The lowest BCUT2D eigenvalue weighted by Crippen LogP contribution is -2.19. The van der Waals surface area contributed by atoms with Crippen molar-refractivity contribution in [2.75, 3.05) is 0 Å². The van der Waals surface area contributed by atoms with E-state index >= 15 is 0 Å². The second-order valence-corrected chi connectivity index (χ2v) is 2.82. The van der Waals surface area contributed by atoms with Crippen LogP contribution in [0.4, 0.5) is 12.9 Å². The molecule has 0 aromatic carbocycles. The minimum absolute atomic E-state index is 0.00639. The van der Waals surface area contributed by atoms with Gasteiger partial charge < -0.3 is 12.9 Å². The van der Waals surface area contributed by atoms with E-state index in [2.05, 4.69) is 4.98 Å². The molecule has 1 rings (SSSR count). The molecule has 0 bridgehead atoms. The molecule has 0 aliphatic heterocycles. The Bertz CT molecular complexity index is 258. The number of nitrogens with zero attached hydrogens (tertiary/aromatic N) is 1. The molecule has 1 heterocycles. The van der Waals surface area contributed by atoms with Crippen LogP contribution in [0.3, 0.4) is 0 Å². The van der Waals surface area contributed by atoms with Crippen LogP contribution in [0.1, 0.15) is 5.69 Å². The number of hydrogen-bond acceptors (Lipinski definition) is 1. The number of rotatable bonds is 2. The van der Waals surface area contributed by atoms with Crippen LogP contribution >= 0.6 is 11.6 Å². The van der Waals surface area contributed by atoms with Crippen LogP contribution in [0.15, 0.2) is 18.3 Å². The Labute approximate surface area is 72.6 Å². The van der Waals surface area contributed by atoms with Crippen LogP contribution in [0.5, 0.6) is 0 Å². The third-order valence-electron chi connectivity index (χ3n) is 1.23. The molecule has 0 amide bonds. The van der Waals surface area contributed by atoms with Crippen LogP contribution in [0, 0.1) is 0 Å². The molecule has 0 aliphatic carbocycles. The highest BCUT2D eigenvalue weighted by molar-refractivity contribution is 6.57. The van der Waals surface area contributed by atoms with E-state index in [0.717, 1.165) is 0 Å². The van der Waals surface area contributed by atoms with Gasteiger partial charge in [0.2, 0.25) is 0 Å². The lowest BCUT2D eigenvalue weighted by molar-refractivity contribution is 0.467. The molecule has 1 nitrogen and oxygen atoms in total. The van der Waals surface area contributed by atoms with E-state index in [0.29, 0.717) is 5.02 Å². The minimum atomic E-state index is -4.80. The molecule has 1 aromatic heterocycles. The van der Waals surface area contributed by atoms with E-state index in [9.17, 15) is 12.9 Å². The first-order chi connectivity index (χ1) is 5.47. The Morgan fingerprint density at radius 1 is 1.33 bits per heavy atom. The van der Waals surface area contributed by atoms with Crippen molar-refractivity contribution in [3.63, 3.8) is 0 Å². The Morgan fingerprint density at radius 3 is 2.42 bits per heavy atom. The van der Waals surface area contributed by atoms with Gasteiger partial charge in [-0.05, 0) is 18.5 Å². The predicted octanol–water partition coefficient (Wildman–Crippen LogP) is 2.66. The van der Waals surface area contributed by atoms with Crippen LogP contribution < -0.4 is 0 Å². The van der Waals surface area contributed by atoms with Gasteiger partial charge >= 0.3 is 6.98 Å². The number of aromatic nitrogens is 1. The zero-order chi connectivity index (χ0) is 9.19. The normalized spacial score (nSPS) is 11.7. The van der Waals surface area contributed by atoms with Crippen LogP contribution in [-0.2, 0) is 6.32 Å². The Morgan fingerprint density at radius 2 is 2.00 bits per heavy atom. The maximum absolute atomic E-state index is 11.8. The molecule has 12 heavy (non-hydrogen) atoms. The van der Waals surface area contributed by atoms with Gasteiger partial charge in [0.15, 0.2) is 0 Å². The first-order valence-electron chi connectivity index (χ1n) is 3.29. The molecule has 6 heteroatoms. The third-order valence-corrected chi connectivity index (χ3v) is 1.45. The van der Waals surface area contributed by atoms with E-state index in [-0.39, 0.29) is 5.69 Å². The highest BCUT2D eigenvalue weighted by Crippen LogP contribution is 2.15. The molecular formula is C6H5BClF3N-. The van der Waals surface area contributed by atoms with Crippen LogP contribution in [0.25, 0.3) is 0 Å². The summed E-state index contributed by atoms with van der Waals surface area (Å²) in [5.41, 5.74) is 0.00639. The molecule has 66 valence electrons. The van der Waals surface area contributed by atoms with Gasteiger partial charge in [-0.25, -0.2) is 0 Å². The van der Waals surface area contributed by atoms with Gasteiger partial charge in [-0.1, -0.05) is 11.6 Å². The molecular weight excluding hydrogens is 189 g/mol. The first kappa shape index (κ1) is 9.38. The van der Waals surface area contributed by atoms with Gasteiger partial charge in [0.1, 0.15) is 0 Å². The third kappa shape index (κ3) is 3.13. The van der Waals surface area contributed by atoms with E-state index in [1.807, 2.05) is 0 Å². The van der Waals surface area contributed by atoms with Gasteiger partial charge in [0.05, 0.1) is 5.02 Å². The van der Waals surface area contributed by atoms with E-state index in [1.54, 1.807) is 0 Å². The maximum atomic E-state index is 11.8. The Hall–Kier alpha value is -0.705. The summed E-state index contributed by atoms with van der Waals surface area (Å²) in [6.07, 6.45) is 0.260. The van der Waals surface area contributed by atoms with Gasteiger partial charge in [-0.2, -0.15) is 0 Å². The topological polar surface area (TPSA) is 12.9 Å². The zero-order valence-electron chi connectivity index (χ0n) is 5.98. The van der Waals surface area contributed by atoms with Crippen molar-refractivity contribution >= 4 is 18.6 Å². The second kappa shape index (κ2) is 3.35. The SMILES string of the molecule is F[B-](F)(F)Cc1ccc(Cl)cn1. The van der Waals surface area contributed by atoms with E-state index in [1.165, 1.54) is 18.3 Å². The van der Waals surface area contributed by atoms with Crippen molar-refractivity contribution in [1.29, 1.82) is 0 Å². The largest absolute Gasteiger partial charge is 0.484 e. The summed E-state index contributed by atoms with van der Waals surface area (Å²) in [6, 6.07) is 2.67. The summed E-state index contributed by atoms with van der Waals surface area (Å²) >= 11 is 5.44. The first-order valence-corrected chi connectivity index (χ1v) is 3.66. The van der Waals surface area contributed by atoms with Crippen molar-refractivity contribution < 1.29 is 12.9 Å². The van der Waals surface area contributed by atoms with E-state index in [4.69, 9.17) is 11.6 Å². The fourth-order valence-corrected chi connectivity index (χ4v) is 0.876. The molecule has 0 spiro atoms. The van der Waals surface area contributed by atoms with Gasteiger partial charge in [-0.3, -0.25) is 4.98 Å². The lowest BCUT2D eigenvalue weighted by Gasteiger charge is -2.11. The van der Waals surface area contributed by atoms with Crippen molar-refractivity contribution in [3.8, 4) is 0 Å². The van der Waals surface area contributed by atoms with Crippen molar-refractivity contribution in [1.82, 2.24) is 4.98 Å². The molecule has 0 saturated heterocycles. The minimum Gasteiger partial charge on any atom is -0.449 e. The van der Waals surface area contributed by atoms with E-state index < -0.39 is 13.3 Å². The summed E-state index contributed by atoms with van der Waals surface area (Å²) in [5, 5.41) is 0.341. The number of pyridine rings is 1. The molecule has 0 fully saturated rings. The fraction of sp³-hybridized carbons (Fsp3) is 0.167. The highest BCUT2D eigenvalue weighted by Gasteiger charge is 2.23. The Kier molecular flexibility index (Phi) is 2.62. The average Bonchev–Trinajstić information content (AvgIpc) is 1.91. The summed E-state index contributed by atoms with van der Waals surface area (Å²) in [4.78, 5) is 3.53. The summed E-state index contributed by atoms with van der Waals surface area (Å²) in [7, 11) is 0. The van der Waals surface area contributed by atoms with Crippen LogP contribution in [0.2, 0.25) is 5.02 Å².